The first kappa shape index (κ1) is 16.0. The van der Waals surface area contributed by atoms with Crippen LogP contribution in [-0.2, 0) is 0 Å². The molecule has 0 aliphatic carbocycles. The summed E-state index contributed by atoms with van der Waals surface area (Å²) in [6.45, 7) is 4.46. The maximum absolute atomic E-state index is 2.23. The van der Waals surface area contributed by atoms with Crippen LogP contribution in [-0.4, -0.2) is 0 Å². The van der Waals surface area contributed by atoms with Gasteiger partial charge in [0.25, 0.3) is 0 Å². The Morgan fingerprint density at radius 2 is 1.12 bits per heavy atom. The molecular weight excluding hydrogens is 322 g/mol. The molecule has 0 rings (SSSR count). The molecule has 50 valence electrons. The Balaban J connectivity index is -0.000000125. The first-order chi connectivity index (χ1) is 2.91. The van der Waals surface area contributed by atoms with E-state index >= 15 is 0 Å². The fraction of sp³-hybridized carbons (Fsp3) is 0.857. The summed E-state index contributed by atoms with van der Waals surface area (Å²) >= 11 is 0. The summed E-state index contributed by atoms with van der Waals surface area (Å²) < 4.78 is 0. The van der Waals surface area contributed by atoms with Gasteiger partial charge in [0.15, 0.2) is 0 Å². The smallest absolute Gasteiger partial charge is 0 e. The van der Waals surface area contributed by atoms with Crippen LogP contribution in [0.4, 0.5) is 0 Å². The minimum absolute atomic E-state index is 0. The average molecular weight is 339 g/mol. The molecule has 0 unspecified atom stereocenters. The van der Waals surface area contributed by atoms with Crippen molar-refractivity contribution in [1.29, 1.82) is 0 Å². The third-order valence-corrected chi connectivity index (χ3v) is 0.957. The van der Waals surface area contributed by atoms with Crippen LogP contribution in [0, 0.1) is 38.5 Å². The van der Waals surface area contributed by atoms with Gasteiger partial charge < -0.3 is 7.43 Å². The van der Waals surface area contributed by atoms with E-state index in [0.29, 0.717) is 0 Å². The van der Waals surface area contributed by atoms with Gasteiger partial charge in [-0.2, -0.15) is 0 Å². The van der Waals surface area contributed by atoms with Crippen LogP contribution in [0.2, 0.25) is 0 Å². The minimum atomic E-state index is 0. The summed E-state index contributed by atoms with van der Waals surface area (Å²) in [7, 11) is 0. The summed E-state index contributed by atoms with van der Waals surface area (Å²) in [5.41, 5.74) is 0. The van der Waals surface area contributed by atoms with Crippen LogP contribution in [0.25, 0.3) is 0 Å². The van der Waals surface area contributed by atoms with Crippen LogP contribution in [0.15, 0.2) is 0 Å². The van der Waals surface area contributed by atoms with Crippen LogP contribution in [0.3, 0.4) is 0 Å². The third kappa shape index (κ3) is 15.7. The van der Waals surface area contributed by atoms with Gasteiger partial charge in [0.2, 0.25) is 0 Å². The van der Waals surface area contributed by atoms with Gasteiger partial charge in [0.1, 0.15) is 0 Å². The van der Waals surface area contributed by atoms with Gasteiger partial charge >= 0.3 is 0 Å². The molecule has 0 aliphatic rings. The molecule has 0 aromatic carbocycles. The van der Waals surface area contributed by atoms with E-state index in [9.17, 15) is 0 Å². The van der Waals surface area contributed by atoms with E-state index in [-0.39, 0.29) is 38.5 Å². The first-order valence-corrected chi connectivity index (χ1v) is 2.91. The molecule has 0 atom stereocenters. The summed E-state index contributed by atoms with van der Waals surface area (Å²) in [5.74, 6) is 0. The van der Waals surface area contributed by atoms with Crippen molar-refractivity contribution in [3.05, 3.63) is 7.43 Å². The fourth-order valence-corrected chi connectivity index (χ4v) is 0.500. The van der Waals surface area contributed by atoms with E-state index in [2.05, 4.69) is 13.8 Å². The van der Waals surface area contributed by atoms with E-state index in [1.54, 1.807) is 0 Å². The zero-order valence-corrected chi connectivity index (χ0v) is 10.5. The molecule has 0 bridgehead atoms. The second-order valence-corrected chi connectivity index (χ2v) is 1.71. The van der Waals surface area contributed by atoms with Gasteiger partial charge in [0.05, 0.1) is 0 Å². The zero-order chi connectivity index (χ0) is 4.83. The van der Waals surface area contributed by atoms with E-state index < -0.39 is 0 Å². The predicted molar refractivity (Wildman–Crippen MR) is 36.2 cm³/mol. The van der Waals surface area contributed by atoms with Crippen LogP contribution in [0.1, 0.15) is 39.5 Å². The Morgan fingerprint density at radius 1 is 0.875 bits per heavy atom. The molecule has 0 heterocycles. The Kier molecular flexibility index (Phi) is 31.4. The van der Waals surface area contributed by atoms with Crippen molar-refractivity contribution in [3.8, 4) is 0 Å². The molecule has 8 heavy (non-hydrogen) atoms. The molecule has 0 N–H and O–H groups in total. The van der Waals surface area contributed by atoms with Crippen LogP contribution < -0.4 is 0 Å². The summed E-state index contributed by atoms with van der Waals surface area (Å²) in [6.07, 6.45) is 5.54. The van der Waals surface area contributed by atoms with Crippen molar-refractivity contribution in [2.75, 3.05) is 0 Å². The SMILES string of the molecule is CCCCCC.[CH3-].[U]. The van der Waals surface area contributed by atoms with E-state index in [0.717, 1.165) is 0 Å². The largest absolute Gasteiger partial charge is 0.358 e. The minimum Gasteiger partial charge on any atom is -0.358 e. The van der Waals surface area contributed by atoms with Crippen LogP contribution in [0.5, 0.6) is 0 Å². The predicted octanol–water partition coefficient (Wildman–Crippen LogP) is 3.04. The molecule has 0 saturated carbocycles. The van der Waals surface area contributed by atoms with Gasteiger partial charge in [-0.05, 0) is 0 Å². The summed E-state index contributed by atoms with van der Waals surface area (Å²) in [5, 5.41) is 0. The van der Waals surface area contributed by atoms with E-state index in [4.69, 9.17) is 0 Å². The van der Waals surface area contributed by atoms with Crippen molar-refractivity contribution >= 4 is 0 Å². The van der Waals surface area contributed by atoms with Gasteiger partial charge in [-0.15, -0.1) is 0 Å². The number of rotatable bonds is 3. The van der Waals surface area contributed by atoms with E-state index in [1.807, 2.05) is 0 Å². The molecule has 0 aromatic heterocycles. The molecule has 1 heteroatoms. The number of unbranched alkanes of at least 4 members (excludes halogenated alkanes) is 3. The molecular formula is C7H17U-. The second-order valence-electron chi connectivity index (χ2n) is 1.71. The quantitative estimate of drug-likeness (QED) is 0.548. The maximum atomic E-state index is 2.23. The van der Waals surface area contributed by atoms with Gasteiger partial charge in [-0.3, -0.25) is 0 Å². The molecule has 0 aromatic rings. The molecule has 0 radical (unpaired) electrons. The summed E-state index contributed by atoms with van der Waals surface area (Å²) in [6, 6.07) is 0. The molecule has 0 nitrogen and oxygen atoms in total. The monoisotopic (exact) mass is 339 g/mol. The zero-order valence-electron chi connectivity index (χ0n) is 6.33. The van der Waals surface area contributed by atoms with Crippen molar-refractivity contribution in [2.24, 2.45) is 0 Å². The first-order valence-electron chi connectivity index (χ1n) is 2.91. The van der Waals surface area contributed by atoms with Gasteiger partial charge in [0, 0.05) is 31.1 Å². The molecule has 0 spiro atoms. The topological polar surface area (TPSA) is 0 Å². The Morgan fingerprint density at radius 3 is 1.25 bits per heavy atom. The molecule has 0 amide bonds. The van der Waals surface area contributed by atoms with E-state index in [1.165, 1.54) is 25.7 Å². The number of hydrogen-bond donors (Lipinski definition) is 0. The molecule has 0 fully saturated rings. The Hall–Kier alpha value is 1.05. The van der Waals surface area contributed by atoms with Crippen molar-refractivity contribution < 1.29 is 31.1 Å². The number of hydrogen-bond acceptors (Lipinski definition) is 0. The standard InChI is InChI=1S/C6H14.CH3.U/c1-3-5-6-4-2;;/h3-6H2,1-2H3;1H3;/q;-1;. The normalized spacial score (nSPS) is 6.75. The van der Waals surface area contributed by atoms with Gasteiger partial charge in [-0.1, -0.05) is 39.5 Å². The Labute approximate surface area is 77.8 Å². The summed E-state index contributed by atoms with van der Waals surface area (Å²) in [4.78, 5) is 0. The third-order valence-electron chi connectivity index (χ3n) is 0.957. The average Bonchev–Trinajstić information content (AvgIpc) is 1.61. The van der Waals surface area contributed by atoms with Crippen molar-refractivity contribution in [3.63, 3.8) is 0 Å². The maximum Gasteiger partial charge on any atom is 0 e. The molecule has 0 aliphatic heterocycles. The fourth-order valence-electron chi connectivity index (χ4n) is 0.500. The Bertz CT molecular complexity index is 16.3. The van der Waals surface area contributed by atoms with Crippen molar-refractivity contribution in [2.45, 2.75) is 39.5 Å². The second kappa shape index (κ2) is 15.7. The van der Waals surface area contributed by atoms with Crippen LogP contribution >= 0.6 is 0 Å². The molecule has 0 saturated heterocycles. The van der Waals surface area contributed by atoms with Gasteiger partial charge in [-0.25, -0.2) is 0 Å². The van der Waals surface area contributed by atoms with Crippen molar-refractivity contribution in [1.82, 2.24) is 0 Å².